The zero-order valence-electron chi connectivity index (χ0n) is 11.7. The molecule has 4 heteroatoms. The summed E-state index contributed by atoms with van der Waals surface area (Å²) >= 11 is 0. The molecule has 1 N–H and O–H groups in total. The molecule has 0 radical (unpaired) electrons. The average molecular weight is 273 g/mol. The number of hydrogen-bond acceptors (Lipinski definition) is 1. The summed E-state index contributed by atoms with van der Waals surface area (Å²) < 4.78 is 37.6. The summed E-state index contributed by atoms with van der Waals surface area (Å²) in [6, 6.07) is 5.62. The molecule has 1 nitrogen and oxygen atoms in total. The van der Waals surface area contributed by atoms with E-state index in [1.54, 1.807) is 12.1 Å². The van der Waals surface area contributed by atoms with E-state index in [1.165, 1.54) is 12.1 Å². The maximum Gasteiger partial charge on any atom is 0.416 e. The monoisotopic (exact) mass is 273 g/mol. The van der Waals surface area contributed by atoms with Gasteiger partial charge in [0.2, 0.25) is 0 Å². The summed E-state index contributed by atoms with van der Waals surface area (Å²) in [5.41, 5.74) is 0.338. The summed E-state index contributed by atoms with van der Waals surface area (Å²) in [6.07, 6.45) is -2.27. The Labute approximate surface area is 113 Å². The van der Waals surface area contributed by atoms with Crippen LogP contribution in [0.15, 0.2) is 24.3 Å². The van der Waals surface area contributed by atoms with E-state index in [1.807, 2.05) is 0 Å². The maximum atomic E-state index is 12.5. The van der Waals surface area contributed by atoms with Crippen LogP contribution in [0, 0.1) is 5.92 Å². The van der Waals surface area contributed by atoms with Gasteiger partial charge in [0.05, 0.1) is 5.56 Å². The van der Waals surface area contributed by atoms with Crippen LogP contribution in [0.4, 0.5) is 13.2 Å². The van der Waals surface area contributed by atoms with E-state index in [0.29, 0.717) is 5.92 Å². The molecule has 0 amide bonds. The molecule has 108 valence electrons. The van der Waals surface area contributed by atoms with E-state index < -0.39 is 11.7 Å². The van der Waals surface area contributed by atoms with Crippen LogP contribution < -0.4 is 5.32 Å². The molecule has 0 saturated carbocycles. The second kappa shape index (κ2) is 6.94. The standard InChI is InChI=1S/C15H22F3N/c1-4-10-19-14(11(3)5-2)12-6-8-13(9-7-12)15(16,17)18/h6-9,11,14,19H,4-5,10H2,1-3H3. The number of benzene rings is 1. The average Bonchev–Trinajstić information content (AvgIpc) is 2.38. The number of alkyl halides is 3. The summed E-state index contributed by atoms with van der Waals surface area (Å²) in [6.45, 7) is 7.16. The molecular weight excluding hydrogens is 251 g/mol. The Kier molecular flexibility index (Phi) is 5.85. The minimum Gasteiger partial charge on any atom is -0.310 e. The third-order valence-electron chi connectivity index (χ3n) is 3.42. The smallest absolute Gasteiger partial charge is 0.310 e. The Morgan fingerprint density at radius 2 is 1.68 bits per heavy atom. The van der Waals surface area contributed by atoms with Gasteiger partial charge in [0.1, 0.15) is 0 Å². The Hall–Kier alpha value is -1.03. The van der Waals surface area contributed by atoms with Gasteiger partial charge in [-0.2, -0.15) is 13.2 Å². The molecule has 1 rings (SSSR count). The van der Waals surface area contributed by atoms with Crippen molar-refractivity contribution in [2.75, 3.05) is 6.54 Å². The molecule has 2 atom stereocenters. The second-order valence-electron chi connectivity index (χ2n) is 4.94. The van der Waals surface area contributed by atoms with Crippen molar-refractivity contribution in [1.29, 1.82) is 0 Å². The fourth-order valence-corrected chi connectivity index (χ4v) is 2.06. The first kappa shape index (κ1) is 16.0. The van der Waals surface area contributed by atoms with Gasteiger partial charge in [0.15, 0.2) is 0 Å². The third-order valence-corrected chi connectivity index (χ3v) is 3.42. The van der Waals surface area contributed by atoms with Crippen LogP contribution in [0.2, 0.25) is 0 Å². The van der Waals surface area contributed by atoms with Crippen molar-refractivity contribution in [3.63, 3.8) is 0 Å². The van der Waals surface area contributed by atoms with Crippen molar-refractivity contribution in [2.24, 2.45) is 5.92 Å². The van der Waals surface area contributed by atoms with Gasteiger partial charge in [0.25, 0.3) is 0 Å². The number of hydrogen-bond donors (Lipinski definition) is 1. The molecule has 0 bridgehead atoms. The van der Waals surface area contributed by atoms with Gasteiger partial charge in [-0.3, -0.25) is 0 Å². The maximum absolute atomic E-state index is 12.5. The Morgan fingerprint density at radius 3 is 2.11 bits per heavy atom. The Bertz CT molecular complexity index is 370. The largest absolute Gasteiger partial charge is 0.416 e. The summed E-state index contributed by atoms with van der Waals surface area (Å²) in [5.74, 6) is 0.392. The van der Waals surface area contributed by atoms with Crippen LogP contribution >= 0.6 is 0 Å². The highest BCUT2D eigenvalue weighted by Gasteiger charge is 2.30. The van der Waals surface area contributed by atoms with Crippen LogP contribution in [0.3, 0.4) is 0 Å². The fraction of sp³-hybridized carbons (Fsp3) is 0.600. The highest BCUT2D eigenvalue weighted by molar-refractivity contribution is 5.27. The first-order valence-electron chi connectivity index (χ1n) is 6.80. The van der Waals surface area contributed by atoms with E-state index >= 15 is 0 Å². The molecule has 0 aromatic heterocycles. The molecule has 0 aliphatic heterocycles. The third kappa shape index (κ3) is 4.53. The van der Waals surface area contributed by atoms with Crippen molar-refractivity contribution >= 4 is 0 Å². The summed E-state index contributed by atoms with van der Waals surface area (Å²) in [4.78, 5) is 0. The van der Waals surface area contributed by atoms with E-state index in [-0.39, 0.29) is 6.04 Å². The summed E-state index contributed by atoms with van der Waals surface area (Å²) in [5, 5.41) is 3.41. The first-order valence-corrected chi connectivity index (χ1v) is 6.80. The lowest BCUT2D eigenvalue weighted by molar-refractivity contribution is -0.137. The summed E-state index contributed by atoms with van der Waals surface area (Å²) in [7, 11) is 0. The van der Waals surface area contributed by atoms with Gasteiger partial charge in [-0.1, -0.05) is 39.3 Å². The SMILES string of the molecule is CCCNC(c1ccc(C(F)(F)F)cc1)C(C)CC. The van der Waals surface area contributed by atoms with Crippen molar-refractivity contribution in [2.45, 2.75) is 45.8 Å². The van der Waals surface area contributed by atoms with E-state index in [9.17, 15) is 13.2 Å². The molecule has 2 unspecified atom stereocenters. The van der Waals surface area contributed by atoms with Crippen molar-refractivity contribution in [3.05, 3.63) is 35.4 Å². The van der Waals surface area contributed by atoms with Gasteiger partial charge in [-0.05, 0) is 36.6 Å². The lowest BCUT2D eigenvalue weighted by atomic mass is 9.92. The molecule has 0 heterocycles. The van der Waals surface area contributed by atoms with Crippen molar-refractivity contribution in [3.8, 4) is 0 Å². The van der Waals surface area contributed by atoms with Crippen LogP contribution in [0.5, 0.6) is 0 Å². The Balaban J connectivity index is 2.90. The molecule has 0 fully saturated rings. The molecule has 0 aliphatic rings. The Morgan fingerprint density at radius 1 is 1.11 bits per heavy atom. The zero-order chi connectivity index (χ0) is 14.5. The highest BCUT2D eigenvalue weighted by atomic mass is 19.4. The zero-order valence-corrected chi connectivity index (χ0v) is 11.7. The van der Waals surface area contributed by atoms with Crippen LogP contribution in [0.25, 0.3) is 0 Å². The predicted octanol–water partition coefficient (Wildman–Crippen LogP) is 4.79. The van der Waals surface area contributed by atoms with Crippen LogP contribution in [-0.4, -0.2) is 6.54 Å². The lowest BCUT2D eigenvalue weighted by Gasteiger charge is -2.25. The second-order valence-corrected chi connectivity index (χ2v) is 4.94. The molecule has 1 aromatic carbocycles. The predicted molar refractivity (Wildman–Crippen MR) is 71.9 cm³/mol. The highest BCUT2D eigenvalue weighted by Crippen LogP contribution is 2.31. The number of nitrogens with one attached hydrogen (secondary N) is 1. The van der Waals surface area contributed by atoms with Gasteiger partial charge < -0.3 is 5.32 Å². The molecule has 19 heavy (non-hydrogen) atoms. The van der Waals surface area contributed by atoms with Crippen LogP contribution in [-0.2, 0) is 6.18 Å². The molecule has 1 aromatic rings. The topological polar surface area (TPSA) is 12.0 Å². The fourth-order valence-electron chi connectivity index (χ4n) is 2.06. The van der Waals surface area contributed by atoms with Gasteiger partial charge in [-0.15, -0.1) is 0 Å². The van der Waals surface area contributed by atoms with Gasteiger partial charge in [-0.25, -0.2) is 0 Å². The molecule has 0 spiro atoms. The quantitative estimate of drug-likeness (QED) is 0.785. The molecule has 0 saturated heterocycles. The van der Waals surface area contributed by atoms with Gasteiger partial charge in [0, 0.05) is 6.04 Å². The van der Waals surface area contributed by atoms with Gasteiger partial charge >= 0.3 is 6.18 Å². The molecule has 0 aliphatic carbocycles. The van der Waals surface area contributed by atoms with Crippen molar-refractivity contribution < 1.29 is 13.2 Å². The van der Waals surface area contributed by atoms with E-state index in [2.05, 4.69) is 26.1 Å². The normalized spacial score (nSPS) is 15.3. The lowest BCUT2D eigenvalue weighted by Crippen LogP contribution is -2.27. The van der Waals surface area contributed by atoms with E-state index in [0.717, 1.165) is 24.9 Å². The number of rotatable bonds is 6. The number of halogens is 3. The van der Waals surface area contributed by atoms with Crippen LogP contribution in [0.1, 0.15) is 50.8 Å². The minimum absolute atomic E-state index is 0.118. The van der Waals surface area contributed by atoms with E-state index in [4.69, 9.17) is 0 Å². The molecular formula is C15H22F3N. The first-order chi connectivity index (χ1) is 8.90. The van der Waals surface area contributed by atoms with Crippen molar-refractivity contribution in [1.82, 2.24) is 5.32 Å². The minimum atomic E-state index is -4.26.